The second-order valence-electron chi connectivity index (χ2n) is 5.56. The third kappa shape index (κ3) is 3.11. The van der Waals surface area contributed by atoms with Gasteiger partial charge in [-0.05, 0) is 24.6 Å². The number of nitrogens with zero attached hydrogens (tertiary/aromatic N) is 1. The van der Waals surface area contributed by atoms with Crippen LogP contribution < -0.4 is 5.32 Å². The van der Waals surface area contributed by atoms with Gasteiger partial charge in [-0.2, -0.15) is 0 Å². The highest BCUT2D eigenvalue weighted by molar-refractivity contribution is 5.20. The van der Waals surface area contributed by atoms with Gasteiger partial charge in [0.05, 0.1) is 6.26 Å². The standard InChI is InChI=1S/C17H22N2O/c1-14-13-19(10-9-16-8-5-11-20-16)17(12-18-14)15-6-3-2-4-7-15/h2-8,11,14,17-18H,9-10,12-13H2,1H3. The van der Waals surface area contributed by atoms with Crippen LogP contribution in [0.2, 0.25) is 0 Å². The third-order valence-corrected chi connectivity index (χ3v) is 4.02. The first-order valence-electron chi connectivity index (χ1n) is 7.37. The van der Waals surface area contributed by atoms with Gasteiger partial charge in [0.1, 0.15) is 5.76 Å². The maximum atomic E-state index is 5.45. The average molecular weight is 270 g/mol. The van der Waals surface area contributed by atoms with Gasteiger partial charge in [0.25, 0.3) is 0 Å². The molecule has 0 amide bonds. The molecule has 0 spiro atoms. The first kappa shape index (κ1) is 13.4. The van der Waals surface area contributed by atoms with Crippen LogP contribution in [0.3, 0.4) is 0 Å². The van der Waals surface area contributed by atoms with Gasteiger partial charge in [0, 0.05) is 38.1 Å². The van der Waals surface area contributed by atoms with Gasteiger partial charge in [-0.3, -0.25) is 4.90 Å². The van der Waals surface area contributed by atoms with Gasteiger partial charge >= 0.3 is 0 Å². The predicted molar refractivity (Wildman–Crippen MR) is 80.6 cm³/mol. The number of nitrogens with one attached hydrogen (secondary N) is 1. The summed E-state index contributed by atoms with van der Waals surface area (Å²) in [6.45, 7) is 5.39. The molecule has 0 saturated carbocycles. The molecule has 3 heteroatoms. The summed E-state index contributed by atoms with van der Waals surface area (Å²) in [7, 11) is 0. The third-order valence-electron chi connectivity index (χ3n) is 4.02. The molecular formula is C17H22N2O. The van der Waals surface area contributed by atoms with Crippen LogP contribution >= 0.6 is 0 Å². The minimum absolute atomic E-state index is 0.461. The minimum atomic E-state index is 0.461. The summed E-state index contributed by atoms with van der Waals surface area (Å²) in [6, 6.07) is 15.8. The quantitative estimate of drug-likeness (QED) is 0.926. The van der Waals surface area contributed by atoms with Crippen LogP contribution in [0.5, 0.6) is 0 Å². The van der Waals surface area contributed by atoms with Crippen LogP contribution in [0, 0.1) is 0 Å². The molecule has 1 N–H and O–H groups in total. The van der Waals surface area contributed by atoms with E-state index < -0.39 is 0 Å². The van der Waals surface area contributed by atoms with Gasteiger partial charge in [0.15, 0.2) is 0 Å². The summed E-state index contributed by atoms with van der Waals surface area (Å²) >= 11 is 0. The Morgan fingerprint density at radius 1 is 1.20 bits per heavy atom. The smallest absolute Gasteiger partial charge is 0.105 e. The van der Waals surface area contributed by atoms with Gasteiger partial charge in [-0.25, -0.2) is 0 Å². The maximum absolute atomic E-state index is 5.45. The molecule has 1 aliphatic heterocycles. The Hall–Kier alpha value is -1.58. The molecule has 2 atom stereocenters. The second kappa shape index (κ2) is 6.25. The van der Waals surface area contributed by atoms with E-state index in [0.29, 0.717) is 12.1 Å². The van der Waals surface area contributed by atoms with Crippen molar-refractivity contribution in [2.75, 3.05) is 19.6 Å². The summed E-state index contributed by atoms with van der Waals surface area (Å²) in [5.41, 5.74) is 1.39. The summed E-state index contributed by atoms with van der Waals surface area (Å²) in [5.74, 6) is 1.07. The molecule has 1 aliphatic rings. The van der Waals surface area contributed by atoms with E-state index in [1.807, 2.05) is 6.07 Å². The van der Waals surface area contributed by atoms with Crippen LogP contribution in [0.15, 0.2) is 53.1 Å². The summed E-state index contributed by atoms with van der Waals surface area (Å²) in [6.07, 6.45) is 2.73. The largest absolute Gasteiger partial charge is 0.469 e. The number of rotatable bonds is 4. The Labute approximate surface area is 120 Å². The van der Waals surface area contributed by atoms with Crippen LogP contribution in [-0.2, 0) is 6.42 Å². The number of furan rings is 1. The number of benzene rings is 1. The van der Waals surface area contributed by atoms with E-state index in [0.717, 1.165) is 31.8 Å². The lowest BCUT2D eigenvalue weighted by atomic mass is 10.0. The van der Waals surface area contributed by atoms with Crippen LogP contribution in [-0.4, -0.2) is 30.6 Å². The molecule has 1 fully saturated rings. The molecule has 1 aromatic heterocycles. The average Bonchev–Trinajstić information content (AvgIpc) is 2.99. The summed E-state index contributed by atoms with van der Waals surface area (Å²) in [5, 5.41) is 3.59. The lowest BCUT2D eigenvalue weighted by Crippen LogP contribution is -2.51. The number of hydrogen-bond donors (Lipinski definition) is 1. The van der Waals surface area contributed by atoms with E-state index in [1.54, 1.807) is 6.26 Å². The van der Waals surface area contributed by atoms with Gasteiger partial charge in [0.2, 0.25) is 0 Å². The fourth-order valence-electron chi connectivity index (χ4n) is 2.95. The van der Waals surface area contributed by atoms with E-state index in [1.165, 1.54) is 5.56 Å². The van der Waals surface area contributed by atoms with Crippen molar-refractivity contribution >= 4 is 0 Å². The first-order chi connectivity index (χ1) is 9.83. The minimum Gasteiger partial charge on any atom is -0.469 e. The molecule has 0 aliphatic carbocycles. The lowest BCUT2D eigenvalue weighted by Gasteiger charge is -2.39. The van der Waals surface area contributed by atoms with E-state index >= 15 is 0 Å². The Kier molecular flexibility index (Phi) is 4.19. The van der Waals surface area contributed by atoms with E-state index in [-0.39, 0.29) is 0 Å². The fraction of sp³-hybridized carbons (Fsp3) is 0.412. The zero-order chi connectivity index (χ0) is 13.8. The Balaban J connectivity index is 1.70. The SMILES string of the molecule is CC1CN(CCc2ccco2)C(c2ccccc2)CN1. The summed E-state index contributed by atoms with van der Waals surface area (Å²) in [4.78, 5) is 2.57. The second-order valence-corrected chi connectivity index (χ2v) is 5.56. The highest BCUT2D eigenvalue weighted by Gasteiger charge is 2.26. The van der Waals surface area contributed by atoms with Crippen LogP contribution in [0.25, 0.3) is 0 Å². The van der Waals surface area contributed by atoms with Crippen LogP contribution in [0.1, 0.15) is 24.3 Å². The van der Waals surface area contributed by atoms with E-state index in [4.69, 9.17) is 4.42 Å². The molecule has 2 aromatic rings. The van der Waals surface area contributed by atoms with Crippen molar-refractivity contribution in [2.45, 2.75) is 25.4 Å². The van der Waals surface area contributed by atoms with Crippen molar-refractivity contribution in [2.24, 2.45) is 0 Å². The Bertz CT molecular complexity index is 509. The van der Waals surface area contributed by atoms with Gasteiger partial charge in [-0.1, -0.05) is 30.3 Å². The van der Waals surface area contributed by atoms with Crippen molar-refractivity contribution in [3.63, 3.8) is 0 Å². The fourth-order valence-corrected chi connectivity index (χ4v) is 2.95. The number of hydrogen-bond acceptors (Lipinski definition) is 3. The van der Waals surface area contributed by atoms with Crippen LogP contribution in [0.4, 0.5) is 0 Å². The topological polar surface area (TPSA) is 28.4 Å². The summed E-state index contributed by atoms with van der Waals surface area (Å²) < 4.78 is 5.45. The van der Waals surface area contributed by atoms with Gasteiger partial charge in [-0.15, -0.1) is 0 Å². The molecule has 1 saturated heterocycles. The van der Waals surface area contributed by atoms with Crippen molar-refractivity contribution in [1.82, 2.24) is 10.2 Å². The normalized spacial score (nSPS) is 23.9. The van der Waals surface area contributed by atoms with Crippen molar-refractivity contribution in [3.8, 4) is 0 Å². The zero-order valence-corrected chi connectivity index (χ0v) is 12.0. The molecule has 2 unspecified atom stereocenters. The zero-order valence-electron chi connectivity index (χ0n) is 12.0. The van der Waals surface area contributed by atoms with Crippen molar-refractivity contribution < 1.29 is 4.42 Å². The van der Waals surface area contributed by atoms with E-state index in [2.05, 4.69) is 53.5 Å². The molecule has 20 heavy (non-hydrogen) atoms. The maximum Gasteiger partial charge on any atom is 0.105 e. The number of piperazine rings is 1. The Morgan fingerprint density at radius 3 is 2.80 bits per heavy atom. The Morgan fingerprint density at radius 2 is 2.05 bits per heavy atom. The van der Waals surface area contributed by atoms with Crippen molar-refractivity contribution in [1.29, 1.82) is 0 Å². The predicted octanol–water partition coefficient (Wildman–Crippen LogP) is 2.86. The molecule has 1 aromatic carbocycles. The van der Waals surface area contributed by atoms with Gasteiger partial charge < -0.3 is 9.73 Å². The molecule has 106 valence electrons. The molecular weight excluding hydrogens is 248 g/mol. The highest BCUT2D eigenvalue weighted by atomic mass is 16.3. The molecule has 0 radical (unpaired) electrons. The molecule has 2 heterocycles. The first-order valence-corrected chi connectivity index (χ1v) is 7.37. The molecule has 3 nitrogen and oxygen atoms in total. The molecule has 3 rings (SSSR count). The highest BCUT2D eigenvalue weighted by Crippen LogP contribution is 2.23. The monoisotopic (exact) mass is 270 g/mol. The lowest BCUT2D eigenvalue weighted by molar-refractivity contribution is 0.135. The van der Waals surface area contributed by atoms with Crippen molar-refractivity contribution in [3.05, 3.63) is 60.1 Å². The molecule has 0 bridgehead atoms. The van der Waals surface area contributed by atoms with E-state index in [9.17, 15) is 0 Å².